The molecule has 0 bridgehead atoms. The Morgan fingerprint density at radius 1 is 1.38 bits per heavy atom. The molecule has 0 aromatic heterocycles. The van der Waals surface area contributed by atoms with Crippen molar-refractivity contribution in [1.82, 2.24) is 0 Å². The van der Waals surface area contributed by atoms with Gasteiger partial charge < -0.3 is 0 Å². The average molecular weight is 279 g/mol. The van der Waals surface area contributed by atoms with E-state index in [0.29, 0.717) is 23.0 Å². The first-order chi connectivity index (χ1) is 7.63. The summed E-state index contributed by atoms with van der Waals surface area (Å²) in [5.41, 5.74) is 1.79. The van der Waals surface area contributed by atoms with Gasteiger partial charge in [0.2, 0.25) is 0 Å². The summed E-state index contributed by atoms with van der Waals surface area (Å²) in [6.07, 6.45) is 3.51. The summed E-state index contributed by atoms with van der Waals surface area (Å²) in [4.78, 5) is 11.5. The van der Waals surface area contributed by atoms with E-state index in [-0.39, 0.29) is 0 Å². The zero-order chi connectivity index (χ0) is 11.3. The largest absolute Gasteiger partial charge is 0.300 e. The van der Waals surface area contributed by atoms with Gasteiger partial charge in [0.05, 0.1) is 0 Å². The van der Waals surface area contributed by atoms with Crippen LogP contribution in [0.3, 0.4) is 0 Å². The molecular weight excluding hydrogens is 264 g/mol. The van der Waals surface area contributed by atoms with Gasteiger partial charge in [-0.25, -0.2) is 0 Å². The SMILES string of the molecule is CC(=O)C1CCC2(c3ccc(Br)cc3)CC12. The predicted octanol–water partition coefficient (Wildman–Crippen LogP) is 3.71. The van der Waals surface area contributed by atoms with Crippen LogP contribution in [0, 0.1) is 11.8 Å². The second-order valence-electron chi connectivity index (χ2n) is 5.23. The van der Waals surface area contributed by atoms with E-state index >= 15 is 0 Å². The number of hydrogen-bond acceptors (Lipinski definition) is 1. The van der Waals surface area contributed by atoms with Gasteiger partial charge in [0.15, 0.2) is 0 Å². The summed E-state index contributed by atoms with van der Waals surface area (Å²) in [5.74, 6) is 1.36. The Bertz CT molecular complexity index is 437. The van der Waals surface area contributed by atoms with Crippen LogP contribution in [0.5, 0.6) is 0 Å². The highest BCUT2D eigenvalue weighted by atomic mass is 79.9. The molecular formula is C14H15BrO. The maximum Gasteiger partial charge on any atom is 0.133 e. The molecule has 0 aliphatic heterocycles. The van der Waals surface area contributed by atoms with Gasteiger partial charge >= 0.3 is 0 Å². The van der Waals surface area contributed by atoms with Crippen molar-refractivity contribution in [2.75, 3.05) is 0 Å². The lowest BCUT2D eigenvalue weighted by Crippen LogP contribution is -2.10. The molecule has 3 unspecified atom stereocenters. The van der Waals surface area contributed by atoms with Crippen LogP contribution in [0.1, 0.15) is 31.7 Å². The number of benzene rings is 1. The van der Waals surface area contributed by atoms with Crippen molar-refractivity contribution in [3.05, 3.63) is 34.3 Å². The molecule has 0 amide bonds. The standard InChI is InChI=1S/C14H15BrO/c1-9(16)12-6-7-14(8-13(12)14)10-2-4-11(15)5-3-10/h2-5,12-13H,6-8H2,1H3. The predicted molar refractivity (Wildman–Crippen MR) is 67.3 cm³/mol. The molecule has 0 saturated heterocycles. The topological polar surface area (TPSA) is 17.1 Å². The van der Waals surface area contributed by atoms with Crippen LogP contribution in [-0.4, -0.2) is 5.78 Å². The van der Waals surface area contributed by atoms with Gasteiger partial charge in [0.25, 0.3) is 0 Å². The normalized spacial score (nSPS) is 35.9. The molecule has 0 spiro atoms. The third-order valence-corrected chi connectivity index (χ3v) is 4.99. The first-order valence-corrected chi connectivity index (χ1v) is 6.69. The molecule has 1 nitrogen and oxygen atoms in total. The molecule has 0 heterocycles. The van der Waals surface area contributed by atoms with Gasteiger partial charge in [0, 0.05) is 10.4 Å². The van der Waals surface area contributed by atoms with E-state index < -0.39 is 0 Å². The van der Waals surface area contributed by atoms with Gasteiger partial charge in [-0.05, 0) is 55.2 Å². The fourth-order valence-electron chi connectivity index (χ4n) is 3.51. The molecule has 3 rings (SSSR count). The lowest BCUT2D eigenvalue weighted by atomic mass is 9.93. The Labute approximate surface area is 104 Å². The minimum Gasteiger partial charge on any atom is -0.300 e. The molecule has 2 heteroatoms. The number of halogens is 1. The second kappa shape index (κ2) is 3.43. The van der Waals surface area contributed by atoms with Gasteiger partial charge in [0.1, 0.15) is 5.78 Å². The maximum absolute atomic E-state index is 11.5. The highest BCUT2D eigenvalue weighted by molar-refractivity contribution is 9.10. The van der Waals surface area contributed by atoms with Crippen LogP contribution < -0.4 is 0 Å². The average Bonchev–Trinajstić information content (AvgIpc) is 2.86. The third-order valence-electron chi connectivity index (χ3n) is 4.46. The highest BCUT2D eigenvalue weighted by Gasteiger charge is 2.63. The highest BCUT2D eigenvalue weighted by Crippen LogP contribution is 2.66. The van der Waals surface area contributed by atoms with Gasteiger partial charge in [-0.2, -0.15) is 0 Å². The molecule has 3 atom stereocenters. The zero-order valence-electron chi connectivity index (χ0n) is 9.37. The van der Waals surface area contributed by atoms with Crippen molar-refractivity contribution < 1.29 is 4.79 Å². The number of ketones is 1. The summed E-state index contributed by atoms with van der Waals surface area (Å²) in [7, 11) is 0. The zero-order valence-corrected chi connectivity index (χ0v) is 11.0. The lowest BCUT2D eigenvalue weighted by Gasteiger charge is -2.11. The first-order valence-electron chi connectivity index (χ1n) is 5.90. The number of hydrogen-bond donors (Lipinski definition) is 0. The fraction of sp³-hybridized carbons (Fsp3) is 0.500. The number of rotatable bonds is 2. The van der Waals surface area contributed by atoms with Crippen molar-refractivity contribution in [2.45, 2.75) is 31.6 Å². The smallest absolute Gasteiger partial charge is 0.133 e. The first kappa shape index (κ1) is 10.5. The molecule has 0 N–H and O–H groups in total. The quantitative estimate of drug-likeness (QED) is 0.806. The lowest BCUT2D eigenvalue weighted by molar-refractivity contribution is -0.121. The minimum absolute atomic E-state index is 0.337. The molecule has 16 heavy (non-hydrogen) atoms. The van der Waals surface area contributed by atoms with Gasteiger partial charge in [-0.1, -0.05) is 28.1 Å². The summed E-state index contributed by atoms with van der Waals surface area (Å²) in [6.45, 7) is 1.75. The molecule has 1 aromatic rings. The van der Waals surface area contributed by atoms with Crippen LogP contribution in [-0.2, 0) is 10.2 Å². The van der Waals surface area contributed by atoms with E-state index in [1.165, 1.54) is 18.4 Å². The summed E-state index contributed by atoms with van der Waals surface area (Å²) < 4.78 is 1.13. The summed E-state index contributed by atoms with van der Waals surface area (Å²) >= 11 is 3.47. The van der Waals surface area contributed by atoms with Crippen LogP contribution in [0.2, 0.25) is 0 Å². The van der Waals surface area contributed by atoms with E-state index in [9.17, 15) is 4.79 Å². The van der Waals surface area contributed by atoms with E-state index in [4.69, 9.17) is 0 Å². The molecule has 0 radical (unpaired) electrons. The number of carbonyl (C=O) groups is 1. The molecule has 1 aromatic carbocycles. The van der Waals surface area contributed by atoms with Crippen molar-refractivity contribution in [3.8, 4) is 0 Å². The van der Waals surface area contributed by atoms with Crippen molar-refractivity contribution in [2.24, 2.45) is 11.8 Å². The molecule has 2 aliphatic rings. The Morgan fingerprint density at radius 3 is 2.56 bits per heavy atom. The van der Waals surface area contributed by atoms with Crippen LogP contribution >= 0.6 is 15.9 Å². The maximum atomic E-state index is 11.5. The summed E-state index contributed by atoms with van der Waals surface area (Å²) in [6, 6.07) is 8.65. The van der Waals surface area contributed by atoms with Crippen molar-refractivity contribution in [3.63, 3.8) is 0 Å². The Hall–Kier alpha value is -0.630. The van der Waals surface area contributed by atoms with Crippen LogP contribution in [0.15, 0.2) is 28.7 Å². The van der Waals surface area contributed by atoms with Crippen molar-refractivity contribution in [1.29, 1.82) is 0 Å². The van der Waals surface area contributed by atoms with E-state index in [0.717, 1.165) is 10.9 Å². The molecule has 84 valence electrons. The minimum atomic E-state index is 0.337. The Balaban J connectivity index is 1.88. The van der Waals surface area contributed by atoms with Gasteiger partial charge in [-0.3, -0.25) is 4.79 Å². The molecule has 2 aliphatic carbocycles. The van der Waals surface area contributed by atoms with E-state index in [2.05, 4.69) is 40.2 Å². The van der Waals surface area contributed by atoms with Crippen LogP contribution in [0.25, 0.3) is 0 Å². The second-order valence-corrected chi connectivity index (χ2v) is 6.15. The number of Topliss-reactive ketones (excluding diaryl/α,β-unsaturated/α-hetero) is 1. The third kappa shape index (κ3) is 1.39. The molecule has 2 saturated carbocycles. The Kier molecular flexibility index (Phi) is 2.25. The van der Waals surface area contributed by atoms with E-state index in [1.807, 2.05) is 0 Å². The number of fused-ring (bicyclic) bond motifs is 1. The van der Waals surface area contributed by atoms with Crippen LogP contribution in [0.4, 0.5) is 0 Å². The molecule has 2 fully saturated rings. The fourth-order valence-corrected chi connectivity index (χ4v) is 3.77. The van der Waals surface area contributed by atoms with E-state index in [1.54, 1.807) is 6.92 Å². The Morgan fingerprint density at radius 2 is 2.06 bits per heavy atom. The summed E-state index contributed by atoms with van der Waals surface area (Å²) in [5, 5.41) is 0. The monoisotopic (exact) mass is 278 g/mol. The number of carbonyl (C=O) groups excluding carboxylic acids is 1. The van der Waals surface area contributed by atoms with Crippen molar-refractivity contribution >= 4 is 21.7 Å². The van der Waals surface area contributed by atoms with Gasteiger partial charge in [-0.15, -0.1) is 0 Å².